The van der Waals surface area contributed by atoms with Crippen molar-refractivity contribution in [3.05, 3.63) is 33.3 Å². The average molecular weight is 347 g/mol. The number of nitrogens with zero attached hydrogens (tertiary/aromatic N) is 1. The van der Waals surface area contributed by atoms with E-state index in [4.69, 9.17) is 11.6 Å². The van der Waals surface area contributed by atoms with Gasteiger partial charge in [-0.3, -0.25) is 4.79 Å². The molecule has 1 aromatic rings. The Labute approximate surface area is 126 Å². The number of hydrogen-bond acceptors (Lipinski definition) is 2. The molecular formula is C14H17BrClNO2. The molecule has 1 fully saturated rings. The molecule has 0 saturated carbocycles. The number of rotatable bonds is 2. The lowest BCUT2D eigenvalue weighted by Crippen LogP contribution is -2.40. The fraction of sp³-hybridized carbons (Fsp3) is 0.500. The Morgan fingerprint density at radius 2 is 2.11 bits per heavy atom. The summed E-state index contributed by atoms with van der Waals surface area (Å²) in [5.74, 6) is 0.261. The molecule has 1 aliphatic rings. The van der Waals surface area contributed by atoms with Crippen LogP contribution in [0.25, 0.3) is 0 Å². The molecule has 0 radical (unpaired) electrons. The summed E-state index contributed by atoms with van der Waals surface area (Å²) in [6.07, 6.45) is 1.39. The van der Waals surface area contributed by atoms with Gasteiger partial charge in [0, 0.05) is 17.6 Å². The van der Waals surface area contributed by atoms with Crippen molar-refractivity contribution in [3.8, 4) is 0 Å². The van der Waals surface area contributed by atoms with Crippen molar-refractivity contribution in [1.82, 2.24) is 4.90 Å². The molecule has 0 aliphatic carbocycles. The predicted molar refractivity (Wildman–Crippen MR) is 79.5 cm³/mol. The topological polar surface area (TPSA) is 40.5 Å². The second-order valence-electron chi connectivity index (χ2n) is 4.97. The van der Waals surface area contributed by atoms with E-state index in [9.17, 15) is 9.90 Å². The number of benzene rings is 1. The number of halogens is 2. The van der Waals surface area contributed by atoms with E-state index in [-0.39, 0.29) is 12.0 Å². The zero-order chi connectivity index (χ0) is 14.0. The van der Waals surface area contributed by atoms with E-state index in [1.165, 1.54) is 0 Å². The van der Waals surface area contributed by atoms with Crippen LogP contribution in [0.1, 0.15) is 30.1 Å². The highest BCUT2D eigenvalue weighted by Gasteiger charge is 2.27. The van der Waals surface area contributed by atoms with Crippen molar-refractivity contribution in [2.45, 2.75) is 25.9 Å². The highest BCUT2D eigenvalue weighted by molar-refractivity contribution is 9.10. The van der Waals surface area contributed by atoms with Gasteiger partial charge in [0.2, 0.25) is 0 Å². The standard InChI is InChI=1S/C14H17BrClNO2/c1-9(18)10-5-7-17(8-6-10)14(19)11-3-2-4-12(15)13(11)16/h2-4,9-10,18H,5-8H2,1H3. The molecule has 0 spiro atoms. The molecule has 19 heavy (non-hydrogen) atoms. The predicted octanol–water partition coefficient (Wildman–Crippen LogP) is 3.34. The summed E-state index contributed by atoms with van der Waals surface area (Å²) in [5.41, 5.74) is 0.534. The lowest BCUT2D eigenvalue weighted by Gasteiger charge is -2.33. The van der Waals surface area contributed by atoms with E-state index in [0.29, 0.717) is 29.6 Å². The zero-order valence-electron chi connectivity index (χ0n) is 10.8. The van der Waals surface area contributed by atoms with E-state index < -0.39 is 0 Å². The largest absolute Gasteiger partial charge is 0.393 e. The SMILES string of the molecule is CC(O)C1CCN(C(=O)c2cccc(Br)c2Cl)CC1. The molecular weight excluding hydrogens is 330 g/mol. The van der Waals surface area contributed by atoms with Crippen molar-refractivity contribution in [2.24, 2.45) is 5.92 Å². The molecule has 1 N–H and O–H groups in total. The molecule has 1 unspecified atom stereocenters. The number of likely N-dealkylation sites (tertiary alicyclic amines) is 1. The Morgan fingerprint density at radius 1 is 1.47 bits per heavy atom. The summed E-state index contributed by atoms with van der Waals surface area (Å²) >= 11 is 9.48. The second-order valence-corrected chi connectivity index (χ2v) is 6.20. The number of aliphatic hydroxyl groups excluding tert-OH is 1. The number of carbonyl (C=O) groups is 1. The minimum absolute atomic E-state index is 0.0321. The molecule has 3 nitrogen and oxygen atoms in total. The van der Waals surface area contributed by atoms with Crippen LogP contribution in [-0.2, 0) is 0 Å². The molecule has 1 saturated heterocycles. The van der Waals surface area contributed by atoms with E-state index >= 15 is 0 Å². The van der Waals surface area contributed by atoms with Crippen molar-refractivity contribution in [3.63, 3.8) is 0 Å². The molecule has 0 aromatic heterocycles. The van der Waals surface area contributed by atoms with Crippen LogP contribution in [0.2, 0.25) is 5.02 Å². The second kappa shape index (κ2) is 6.25. The van der Waals surface area contributed by atoms with Gasteiger partial charge in [-0.2, -0.15) is 0 Å². The van der Waals surface area contributed by atoms with Gasteiger partial charge in [-0.05, 0) is 53.7 Å². The molecule has 0 bridgehead atoms. The van der Waals surface area contributed by atoms with Crippen molar-refractivity contribution in [1.29, 1.82) is 0 Å². The fourth-order valence-electron chi connectivity index (χ4n) is 2.42. The Bertz CT molecular complexity index is 471. The first-order valence-corrected chi connectivity index (χ1v) is 7.59. The van der Waals surface area contributed by atoms with Crippen LogP contribution < -0.4 is 0 Å². The van der Waals surface area contributed by atoms with Crippen molar-refractivity contribution in [2.75, 3.05) is 13.1 Å². The van der Waals surface area contributed by atoms with Crippen LogP contribution in [0.3, 0.4) is 0 Å². The number of hydrogen-bond donors (Lipinski definition) is 1. The molecule has 2 rings (SSSR count). The summed E-state index contributed by atoms with van der Waals surface area (Å²) in [4.78, 5) is 14.2. The number of amides is 1. The van der Waals surface area contributed by atoms with Crippen LogP contribution >= 0.6 is 27.5 Å². The molecule has 5 heteroatoms. The minimum atomic E-state index is -0.299. The maximum absolute atomic E-state index is 12.4. The maximum Gasteiger partial charge on any atom is 0.255 e. The van der Waals surface area contributed by atoms with Crippen LogP contribution in [-0.4, -0.2) is 35.1 Å². The van der Waals surface area contributed by atoms with Crippen molar-refractivity contribution >= 4 is 33.4 Å². The minimum Gasteiger partial charge on any atom is -0.393 e. The van der Waals surface area contributed by atoms with Gasteiger partial charge in [0.05, 0.1) is 16.7 Å². The van der Waals surface area contributed by atoms with Crippen LogP contribution in [0.5, 0.6) is 0 Å². The van der Waals surface area contributed by atoms with Crippen molar-refractivity contribution < 1.29 is 9.90 Å². The summed E-state index contributed by atoms with van der Waals surface area (Å²) < 4.78 is 0.735. The third-order valence-electron chi connectivity index (χ3n) is 3.69. The van der Waals surface area contributed by atoms with E-state index in [1.807, 2.05) is 24.0 Å². The molecule has 1 atom stereocenters. The molecule has 1 aromatic carbocycles. The van der Waals surface area contributed by atoms with Crippen LogP contribution in [0.15, 0.2) is 22.7 Å². The summed E-state index contributed by atoms with van der Waals surface area (Å²) in [7, 11) is 0. The first-order chi connectivity index (χ1) is 9.00. The van der Waals surface area contributed by atoms with Gasteiger partial charge in [-0.1, -0.05) is 17.7 Å². The Kier molecular flexibility index (Phi) is 4.87. The summed E-state index contributed by atoms with van der Waals surface area (Å²) in [6.45, 7) is 3.17. The van der Waals surface area contributed by atoms with E-state index in [0.717, 1.165) is 17.3 Å². The molecule has 1 amide bonds. The molecule has 1 heterocycles. The highest BCUT2D eigenvalue weighted by Crippen LogP contribution is 2.28. The zero-order valence-corrected chi connectivity index (χ0v) is 13.1. The summed E-state index contributed by atoms with van der Waals surface area (Å²) in [6, 6.07) is 5.38. The lowest BCUT2D eigenvalue weighted by atomic mass is 9.92. The first-order valence-electron chi connectivity index (χ1n) is 6.42. The Morgan fingerprint density at radius 3 is 2.68 bits per heavy atom. The maximum atomic E-state index is 12.4. The number of carbonyl (C=O) groups excluding carboxylic acids is 1. The van der Waals surface area contributed by atoms with Gasteiger partial charge in [0.25, 0.3) is 5.91 Å². The molecule has 1 aliphatic heterocycles. The smallest absolute Gasteiger partial charge is 0.255 e. The monoisotopic (exact) mass is 345 g/mol. The number of piperidine rings is 1. The Balaban J connectivity index is 2.07. The Hall–Kier alpha value is -0.580. The van der Waals surface area contributed by atoms with Crippen LogP contribution in [0, 0.1) is 5.92 Å². The lowest BCUT2D eigenvalue weighted by molar-refractivity contribution is 0.0521. The first kappa shape index (κ1) is 14.8. The van der Waals surface area contributed by atoms with E-state index in [2.05, 4.69) is 15.9 Å². The fourth-order valence-corrected chi connectivity index (χ4v) is 3.00. The third-order valence-corrected chi connectivity index (χ3v) is 4.99. The van der Waals surface area contributed by atoms with Gasteiger partial charge in [-0.25, -0.2) is 0 Å². The van der Waals surface area contributed by atoms with E-state index in [1.54, 1.807) is 6.07 Å². The average Bonchev–Trinajstić information content (AvgIpc) is 2.41. The third kappa shape index (κ3) is 3.30. The van der Waals surface area contributed by atoms with Crippen LogP contribution in [0.4, 0.5) is 0 Å². The number of aliphatic hydroxyl groups is 1. The summed E-state index contributed by atoms with van der Waals surface area (Å²) in [5, 5.41) is 10.0. The normalized spacial score (nSPS) is 18.4. The quantitative estimate of drug-likeness (QED) is 0.892. The molecule has 104 valence electrons. The highest BCUT2D eigenvalue weighted by atomic mass is 79.9. The van der Waals surface area contributed by atoms with Gasteiger partial charge < -0.3 is 10.0 Å². The van der Waals surface area contributed by atoms with Gasteiger partial charge >= 0.3 is 0 Å². The van der Waals surface area contributed by atoms with Gasteiger partial charge in [-0.15, -0.1) is 0 Å². The van der Waals surface area contributed by atoms with Gasteiger partial charge in [0.15, 0.2) is 0 Å². The van der Waals surface area contributed by atoms with Gasteiger partial charge in [0.1, 0.15) is 0 Å².